The number of fused-ring (bicyclic) bond motifs is 1. The lowest BCUT2D eigenvalue weighted by Crippen LogP contribution is -2.39. The van der Waals surface area contributed by atoms with Crippen LogP contribution in [0.4, 0.5) is 0 Å². The number of hydrogen-bond acceptors (Lipinski definition) is 6. The fourth-order valence-corrected chi connectivity index (χ4v) is 4.79. The van der Waals surface area contributed by atoms with Gasteiger partial charge in [-0.1, -0.05) is 18.2 Å². The zero-order chi connectivity index (χ0) is 24.1. The summed E-state index contributed by atoms with van der Waals surface area (Å²) in [5, 5.41) is 2.81. The highest BCUT2D eigenvalue weighted by Crippen LogP contribution is 2.12. The smallest absolute Gasteiger partial charge is 0.333 e. The summed E-state index contributed by atoms with van der Waals surface area (Å²) in [4.78, 5) is 40.5. The number of para-hydroxylation sites is 1. The fraction of sp³-hybridized carbons (Fsp3) is 0.348. The Balaban J connectivity index is 1.41. The molecule has 3 N–H and O–H groups in total. The molecule has 2 aromatic carbocycles. The lowest BCUT2D eigenvalue weighted by molar-refractivity contribution is 0.0200. The zero-order valence-electron chi connectivity index (χ0n) is 18.5. The Kier molecular flexibility index (Phi) is 7.25. The van der Waals surface area contributed by atoms with E-state index in [1.807, 2.05) is 0 Å². The van der Waals surface area contributed by atoms with Crippen molar-refractivity contribution in [3.05, 3.63) is 74.9 Å². The molecule has 0 bridgehead atoms. The molecule has 1 aliphatic rings. The molecule has 1 unspecified atom stereocenters. The Bertz CT molecular complexity index is 1390. The number of ether oxygens (including phenoxy) is 1. The molecule has 1 aliphatic heterocycles. The van der Waals surface area contributed by atoms with Gasteiger partial charge in [-0.05, 0) is 49.6 Å². The van der Waals surface area contributed by atoms with Gasteiger partial charge >= 0.3 is 5.69 Å². The number of rotatable bonds is 8. The lowest BCUT2D eigenvalue weighted by atomic mass is 10.1. The molecule has 0 aliphatic carbocycles. The van der Waals surface area contributed by atoms with E-state index in [0.717, 1.165) is 23.8 Å². The summed E-state index contributed by atoms with van der Waals surface area (Å²) in [5.74, 6) is -0.793. The predicted octanol–water partition coefficient (Wildman–Crippen LogP) is 0.897. The van der Waals surface area contributed by atoms with Crippen LogP contribution in [0, 0.1) is 0 Å². The second-order valence-electron chi connectivity index (χ2n) is 8.08. The van der Waals surface area contributed by atoms with Crippen LogP contribution in [-0.2, 0) is 14.8 Å². The minimum absolute atomic E-state index is 0.0934. The third kappa shape index (κ3) is 5.61. The monoisotopic (exact) mass is 486 g/mol. The number of carbonyl (C=O) groups is 1. The van der Waals surface area contributed by atoms with Crippen LogP contribution in [0.15, 0.2) is 58.1 Å². The summed E-state index contributed by atoms with van der Waals surface area (Å²) >= 11 is 0. The van der Waals surface area contributed by atoms with Gasteiger partial charge in [0.05, 0.1) is 28.4 Å². The van der Waals surface area contributed by atoms with Crippen LogP contribution in [0.3, 0.4) is 0 Å². The Morgan fingerprint density at radius 1 is 1.12 bits per heavy atom. The summed E-state index contributed by atoms with van der Waals surface area (Å²) in [5.41, 5.74) is -0.281. The third-order valence-electron chi connectivity index (χ3n) is 5.64. The number of hydrogen-bond donors (Lipinski definition) is 3. The molecule has 0 saturated carbocycles. The SMILES string of the molecule is O=C(NCCS(=O)(=O)NCC1CCCCO1)c1ccc2c(=O)n(-c3ccccc3)c(=O)[nH]c2c1. The Morgan fingerprint density at radius 3 is 2.65 bits per heavy atom. The zero-order valence-corrected chi connectivity index (χ0v) is 19.3. The Morgan fingerprint density at radius 2 is 1.91 bits per heavy atom. The van der Waals surface area contributed by atoms with E-state index in [2.05, 4.69) is 15.0 Å². The molecule has 0 spiro atoms. The van der Waals surface area contributed by atoms with E-state index in [1.165, 1.54) is 18.2 Å². The van der Waals surface area contributed by atoms with E-state index in [0.29, 0.717) is 12.3 Å². The number of aromatic amines is 1. The van der Waals surface area contributed by atoms with E-state index in [-0.39, 0.29) is 41.4 Å². The molecule has 11 heteroatoms. The molecule has 3 aromatic rings. The van der Waals surface area contributed by atoms with Crippen LogP contribution in [0.2, 0.25) is 0 Å². The lowest BCUT2D eigenvalue weighted by Gasteiger charge is -2.22. The first-order chi connectivity index (χ1) is 16.3. The van der Waals surface area contributed by atoms with Gasteiger partial charge in [-0.2, -0.15) is 0 Å². The van der Waals surface area contributed by atoms with Crippen molar-refractivity contribution in [2.24, 2.45) is 0 Å². The number of amides is 1. The van der Waals surface area contributed by atoms with Crippen LogP contribution in [-0.4, -0.2) is 55.4 Å². The van der Waals surface area contributed by atoms with Crippen LogP contribution < -0.4 is 21.3 Å². The van der Waals surface area contributed by atoms with E-state index < -0.39 is 27.2 Å². The van der Waals surface area contributed by atoms with Crippen LogP contribution in [0.5, 0.6) is 0 Å². The number of carbonyl (C=O) groups excluding carboxylic acids is 1. The average Bonchev–Trinajstić information content (AvgIpc) is 2.83. The molecule has 1 atom stereocenters. The van der Waals surface area contributed by atoms with Crippen molar-refractivity contribution in [1.82, 2.24) is 19.6 Å². The van der Waals surface area contributed by atoms with Crippen molar-refractivity contribution >= 4 is 26.8 Å². The number of nitrogens with one attached hydrogen (secondary N) is 3. The molecule has 2 heterocycles. The van der Waals surface area contributed by atoms with Gasteiger partial charge in [-0.15, -0.1) is 0 Å². The first-order valence-corrected chi connectivity index (χ1v) is 12.7. The molecule has 10 nitrogen and oxygen atoms in total. The minimum Gasteiger partial charge on any atom is -0.377 e. The molecule has 34 heavy (non-hydrogen) atoms. The van der Waals surface area contributed by atoms with Gasteiger partial charge in [0.2, 0.25) is 10.0 Å². The maximum Gasteiger partial charge on any atom is 0.333 e. The minimum atomic E-state index is -3.57. The van der Waals surface area contributed by atoms with Crippen molar-refractivity contribution in [3.63, 3.8) is 0 Å². The molecular formula is C23H26N4O6S. The highest BCUT2D eigenvalue weighted by Gasteiger charge is 2.18. The maximum absolute atomic E-state index is 12.8. The molecule has 1 fully saturated rings. The fourth-order valence-electron chi connectivity index (χ4n) is 3.83. The highest BCUT2D eigenvalue weighted by molar-refractivity contribution is 7.89. The van der Waals surface area contributed by atoms with E-state index in [9.17, 15) is 22.8 Å². The quantitative estimate of drug-likeness (QED) is 0.432. The first-order valence-electron chi connectivity index (χ1n) is 11.1. The summed E-state index contributed by atoms with van der Waals surface area (Å²) in [6.45, 7) is 0.762. The molecule has 180 valence electrons. The van der Waals surface area contributed by atoms with Crippen molar-refractivity contribution in [2.75, 3.05) is 25.4 Å². The maximum atomic E-state index is 12.8. The van der Waals surface area contributed by atoms with Gasteiger partial charge in [0.15, 0.2) is 0 Å². The Hall–Kier alpha value is -3.28. The summed E-state index contributed by atoms with van der Waals surface area (Å²) in [7, 11) is -3.57. The second kappa shape index (κ2) is 10.3. The van der Waals surface area contributed by atoms with E-state index in [1.54, 1.807) is 30.3 Å². The topological polar surface area (TPSA) is 139 Å². The molecule has 1 aromatic heterocycles. The number of aromatic nitrogens is 2. The van der Waals surface area contributed by atoms with E-state index >= 15 is 0 Å². The van der Waals surface area contributed by atoms with E-state index in [4.69, 9.17) is 4.74 Å². The number of benzene rings is 2. The van der Waals surface area contributed by atoms with Crippen molar-refractivity contribution in [3.8, 4) is 5.69 Å². The average molecular weight is 487 g/mol. The Labute approximate surface area is 196 Å². The van der Waals surface area contributed by atoms with Crippen molar-refractivity contribution < 1.29 is 17.9 Å². The van der Waals surface area contributed by atoms with Crippen molar-refractivity contribution in [2.45, 2.75) is 25.4 Å². The summed E-state index contributed by atoms with van der Waals surface area (Å²) < 4.78 is 33.4. The molecule has 1 amide bonds. The molecular weight excluding hydrogens is 460 g/mol. The van der Waals surface area contributed by atoms with Gasteiger partial charge < -0.3 is 15.0 Å². The van der Waals surface area contributed by atoms with Gasteiger partial charge in [0.1, 0.15) is 0 Å². The molecule has 0 radical (unpaired) electrons. The number of nitrogens with zero attached hydrogens (tertiary/aromatic N) is 1. The van der Waals surface area contributed by atoms with Gasteiger partial charge in [0, 0.05) is 25.3 Å². The van der Waals surface area contributed by atoms with Crippen LogP contribution in [0.1, 0.15) is 29.6 Å². The third-order valence-corrected chi connectivity index (χ3v) is 6.98. The molecule has 4 rings (SSSR count). The first kappa shape index (κ1) is 23.9. The van der Waals surface area contributed by atoms with Gasteiger partial charge in [-0.3, -0.25) is 9.59 Å². The second-order valence-corrected chi connectivity index (χ2v) is 10.0. The largest absolute Gasteiger partial charge is 0.377 e. The van der Waals surface area contributed by atoms with Crippen LogP contribution >= 0.6 is 0 Å². The highest BCUT2D eigenvalue weighted by atomic mass is 32.2. The predicted molar refractivity (Wildman–Crippen MR) is 128 cm³/mol. The van der Waals surface area contributed by atoms with Gasteiger partial charge in [0.25, 0.3) is 11.5 Å². The number of H-pyrrole nitrogens is 1. The normalized spacial score (nSPS) is 16.4. The van der Waals surface area contributed by atoms with Gasteiger partial charge in [-0.25, -0.2) is 22.5 Å². The summed E-state index contributed by atoms with van der Waals surface area (Å²) in [6, 6.07) is 12.8. The summed E-state index contributed by atoms with van der Waals surface area (Å²) in [6.07, 6.45) is 2.70. The molecule has 1 saturated heterocycles. The van der Waals surface area contributed by atoms with Crippen LogP contribution in [0.25, 0.3) is 16.6 Å². The standard InChI is InChI=1S/C23H26N4O6S/c28-21(24-11-13-34(31,32)25-15-18-8-4-5-12-33-18)16-9-10-19-20(14-16)26-23(30)27(22(19)29)17-6-2-1-3-7-17/h1-3,6-7,9-10,14,18,25H,4-5,8,11-13,15H2,(H,24,28)(H,26,30). The van der Waals surface area contributed by atoms with Crippen molar-refractivity contribution in [1.29, 1.82) is 0 Å². The number of sulfonamides is 1.